The van der Waals surface area contributed by atoms with E-state index < -0.39 is 0 Å². The van der Waals surface area contributed by atoms with Crippen LogP contribution in [-0.4, -0.2) is 44.6 Å². The smallest absolute Gasteiger partial charge is 0.260 e. The van der Waals surface area contributed by atoms with Crippen LogP contribution in [0.5, 0.6) is 5.75 Å². The SMILES string of the molecule is CNCCN(C)C(=O)COc1ccc(Cl)cc1Cl. The Hall–Kier alpha value is -0.970. The van der Waals surface area contributed by atoms with Crippen LogP contribution in [0, 0.1) is 0 Å². The molecule has 0 aliphatic heterocycles. The zero-order valence-corrected chi connectivity index (χ0v) is 11.9. The van der Waals surface area contributed by atoms with Crippen LogP contribution in [0.25, 0.3) is 0 Å². The molecule has 0 unspecified atom stereocenters. The third-order valence-electron chi connectivity index (χ3n) is 2.37. The van der Waals surface area contributed by atoms with Crippen LogP contribution in [0.4, 0.5) is 0 Å². The summed E-state index contributed by atoms with van der Waals surface area (Å²) in [5.41, 5.74) is 0. The lowest BCUT2D eigenvalue weighted by atomic mass is 10.3. The molecule has 100 valence electrons. The van der Waals surface area contributed by atoms with Gasteiger partial charge in [0.2, 0.25) is 0 Å². The summed E-state index contributed by atoms with van der Waals surface area (Å²) in [5.74, 6) is 0.354. The van der Waals surface area contributed by atoms with Gasteiger partial charge in [-0.15, -0.1) is 0 Å². The minimum absolute atomic E-state index is 0.0401. The van der Waals surface area contributed by atoms with Gasteiger partial charge in [-0.1, -0.05) is 23.2 Å². The second-order valence-corrected chi connectivity index (χ2v) is 4.63. The van der Waals surface area contributed by atoms with Gasteiger partial charge < -0.3 is 15.0 Å². The quantitative estimate of drug-likeness (QED) is 0.872. The first kappa shape index (κ1) is 15.1. The van der Waals surface area contributed by atoms with Gasteiger partial charge >= 0.3 is 0 Å². The molecule has 1 aromatic carbocycles. The molecule has 0 bridgehead atoms. The number of hydrogen-bond acceptors (Lipinski definition) is 3. The maximum absolute atomic E-state index is 11.7. The van der Waals surface area contributed by atoms with Crippen molar-refractivity contribution in [2.45, 2.75) is 0 Å². The van der Waals surface area contributed by atoms with E-state index in [1.807, 2.05) is 7.05 Å². The first-order valence-electron chi connectivity index (χ1n) is 5.51. The van der Waals surface area contributed by atoms with Gasteiger partial charge in [0.05, 0.1) is 5.02 Å². The summed E-state index contributed by atoms with van der Waals surface area (Å²) in [6.45, 7) is 1.33. The molecule has 1 rings (SSSR count). The first-order chi connectivity index (χ1) is 8.54. The molecule has 0 aliphatic carbocycles. The summed E-state index contributed by atoms with van der Waals surface area (Å²) in [4.78, 5) is 13.3. The number of hydrogen-bond donors (Lipinski definition) is 1. The van der Waals surface area contributed by atoms with E-state index in [1.165, 1.54) is 0 Å². The van der Waals surface area contributed by atoms with Crippen LogP contribution in [0.15, 0.2) is 18.2 Å². The number of amides is 1. The normalized spacial score (nSPS) is 10.2. The van der Waals surface area contributed by atoms with E-state index in [1.54, 1.807) is 30.1 Å². The number of likely N-dealkylation sites (N-methyl/N-ethyl adjacent to an activating group) is 2. The van der Waals surface area contributed by atoms with Crippen LogP contribution in [0.1, 0.15) is 0 Å². The third kappa shape index (κ3) is 4.72. The van der Waals surface area contributed by atoms with E-state index in [9.17, 15) is 4.79 Å². The Morgan fingerprint density at radius 2 is 2.17 bits per heavy atom. The van der Waals surface area contributed by atoms with Gasteiger partial charge in [0, 0.05) is 25.2 Å². The van der Waals surface area contributed by atoms with E-state index >= 15 is 0 Å². The van der Waals surface area contributed by atoms with Crippen molar-refractivity contribution < 1.29 is 9.53 Å². The fourth-order valence-electron chi connectivity index (χ4n) is 1.25. The lowest BCUT2D eigenvalue weighted by molar-refractivity contribution is -0.131. The zero-order valence-electron chi connectivity index (χ0n) is 10.4. The topological polar surface area (TPSA) is 41.6 Å². The predicted molar refractivity (Wildman–Crippen MR) is 73.5 cm³/mol. The highest BCUT2D eigenvalue weighted by molar-refractivity contribution is 6.35. The maximum atomic E-state index is 11.7. The molecule has 0 spiro atoms. The van der Waals surface area contributed by atoms with Crippen LogP contribution in [-0.2, 0) is 4.79 Å². The molecule has 0 radical (unpaired) electrons. The Labute approximate surface area is 117 Å². The van der Waals surface area contributed by atoms with Crippen molar-refractivity contribution >= 4 is 29.1 Å². The fraction of sp³-hybridized carbons (Fsp3) is 0.417. The van der Waals surface area contributed by atoms with E-state index in [4.69, 9.17) is 27.9 Å². The van der Waals surface area contributed by atoms with Gasteiger partial charge in [-0.05, 0) is 25.2 Å². The van der Waals surface area contributed by atoms with Crippen molar-refractivity contribution in [3.63, 3.8) is 0 Å². The van der Waals surface area contributed by atoms with Crippen molar-refractivity contribution in [3.05, 3.63) is 28.2 Å². The molecule has 4 nitrogen and oxygen atoms in total. The standard InChI is InChI=1S/C12H16Cl2N2O2/c1-15-5-6-16(2)12(17)8-18-11-4-3-9(13)7-10(11)14/h3-4,7,15H,5-6,8H2,1-2H3. The van der Waals surface area contributed by atoms with E-state index in [2.05, 4.69) is 5.32 Å². The number of carbonyl (C=O) groups excluding carboxylic acids is 1. The Kier molecular flexibility index (Phi) is 6.25. The number of rotatable bonds is 6. The number of ether oxygens (including phenoxy) is 1. The molecule has 0 fully saturated rings. The number of nitrogens with zero attached hydrogens (tertiary/aromatic N) is 1. The molecular formula is C12H16Cl2N2O2. The highest BCUT2D eigenvalue weighted by Crippen LogP contribution is 2.27. The van der Waals surface area contributed by atoms with Gasteiger partial charge in [-0.25, -0.2) is 0 Å². The highest BCUT2D eigenvalue weighted by atomic mass is 35.5. The molecule has 6 heteroatoms. The second-order valence-electron chi connectivity index (χ2n) is 3.78. The lowest BCUT2D eigenvalue weighted by Gasteiger charge is -2.17. The molecular weight excluding hydrogens is 275 g/mol. The average Bonchev–Trinajstić information content (AvgIpc) is 2.34. The number of carbonyl (C=O) groups is 1. The molecule has 0 saturated carbocycles. The summed E-state index contributed by atoms with van der Waals surface area (Å²) in [7, 11) is 3.56. The summed E-state index contributed by atoms with van der Waals surface area (Å²) in [6.07, 6.45) is 0. The Morgan fingerprint density at radius 3 is 2.78 bits per heavy atom. The molecule has 0 aliphatic rings. The third-order valence-corrected chi connectivity index (χ3v) is 2.90. The molecule has 0 atom stereocenters. The number of benzene rings is 1. The van der Waals surface area contributed by atoms with Crippen LogP contribution in [0.3, 0.4) is 0 Å². The second kappa shape index (κ2) is 7.46. The minimum Gasteiger partial charge on any atom is -0.482 e. The Morgan fingerprint density at radius 1 is 1.44 bits per heavy atom. The van der Waals surface area contributed by atoms with Crippen LogP contribution in [0.2, 0.25) is 10.0 Å². The molecule has 0 heterocycles. The summed E-state index contributed by atoms with van der Waals surface area (Å²) < 4.78 is 5.35. The van der Waals surface area contributed by atoms with Crippen LogP contribution >= 0.6 is 23.2 Å². The van der Waals surface area contributed by atoms with Gasteiger partial charge in [0.1, 0.15) is 5.75 Å². The summed E-state index contributed by atoms with van der Waals surface area (Å²) in [6, 6.07) is 4.89. The lowest BCUT2D eigenvalue weighted by Crippen LogP contribution is -2.35. The fourth-order valence-corrected chi connectivity index (χ4v) is 1.71. The number of halogens is 2. The highest BCUT2D eigenvalue weighted by Gasteiger charge is 2.10. The van der Waals surface area contributed by atoms with Crippen LogP contribution < -0.4 is 10.1 Å². The van der Waals surface area contributed by atoms with Gasteiger partial charge in [-0.3, -0.25) is 4.79 Å². The maximum Gasteiger partial charge on any atom is 0.260 e. The van der Waals surface area contributed by atoms with Crippen molar-refractivity contribution in [2.75, 3.05) is 33.8 Å². The number of nitrogens with one attached hydrogen (secondary N) is 1. The van der Waals surface area contributed by atoms with Gasteiger partial charge in [0.25, 0.3) is 5.91 Å². The predicted octanol–water partition coefficient (Wildman–Crippen LogP) is 2.05. The van der Waals surface area contributed by atoms with Gasteiger partial charge in [0.15, 0.2) is 6.61 Å². The molecule has 18 heavy (non-hydrogen) atoms. The van der Waals surface area contributed by atoms with Crippen molar-refractivity contribution in [3.8, 4) is 5.75 Å². The van der Waals surface area contributed by atoms with Crippen molar-refractivity contribution in [1.82, 2.24) is 10.2 Å². The molecule has 1 amide bonds. The van der Waals surface area contributed by atoms with Gasteiger partial charge in [-0.2, -0.15) is 0 Å². The average molecular weight is 291 g/mol. The zero-order chi connectivity index (χ0) is 13.5. The molecule has 0 aromatic heterocycles. The molecule has 0 saturated heterocycles. The van der Waals surface area contributed by atoms with E-state index in [0.717, 1.165) is 6.54 Å². The first-order valence-corrected chi connectivity index (χ1v) is 6.26. The van der Waals surface area contributed by atoms with E-state index in [0.29, 0.717) is 22.3 Å². The van der Waals surface area contributed by atoms with Crippen molar-refractivity contribution in [1.29, 1.82) is 0 Å². The monoisotopic (exact) mass is 290 g/mol. The Bertz CT molecular complexity index is 413. The summed E-state index contributed by atoms with van der Waals surface area (Å²) >= 11 is 11.7. The minimum atomic E-state index is -0.101. The largest absolute Gasteiger partial charge is 0.482 e. The molecule has 1 aromatic rings. The Balaban J connectivity index is 2.47. The summed E-state index contributed by atoms with van der Waals surface area (Å²) in [5, 5.41) is 3.90. The van der Waals surface area contributed by atoms with Crippen molar-refractivity contribution in [2.24, 2.45) is 0 Å². The van der Waals surface area contributed by atoms with E-state index in [-0.39, 0.29) is 12.5 Å². The molecule has 1 N–H and O–H groups in total.